The summed E-state index contributed by atoms with van der Waals surface area (Å²) in [5, 5.41) is 15.8. The van der Waals surface area contributed by atoms with Crippen LogP contribution in [0.3, 0.4) is 0 Å². The molecule has 66 valence electrons. The van der Waals surface area contributed by atoms with Crippen molar-refractivity contribution in [2.75, 3.05) is 34.4 Å². The minimum atomic E-state index is 0. The highest BCUT2D eigenvalue weighted by atomic mass is 35.5. The fourth-order valence-electron chi connectivity index (χ4n) is 0.0707. The van der Waals surface area contributed by atoms with Gasteiger partial charge >= 0.3 is 0 Å². The van der Waals surface area contributed by atoms with Gasteiger partial charge in [0.05, 0.1) is 0 Å². The molecule has 0 radical (unpaired) electrons. The van der Waals surface area contributed by atoms with Crippen LogP contribution in [0.4, 0.5) is 0 Å². The Morgan fingerprint density at radius 2 is 1.20 bits per heavy atom. The molecule has 0 heterocycles. The Morgan fingerprint density at radius 3 is 1.20 bits per heavy atom. The summed E-state index contributed by atoms with van der Waals surface area (Å²) in [6, 6.07) is 0. The number of halogens is 1. The summed E-state index contributed by atoms with van der Waals surface area (Å²) in [5.41, 5.74) is 0. The molecule has 4 heteroatoms. The third kappa shape index (κ3) is 89.2. The van der Waals surface area contributed by atoms with E-state index in [1.165, 1.54) is 0 Å². The molecule has 0 aliphatic heterocycles. The fourth-order valence-corrected chi connectivity index (χ4v) is 0.0707. The standard InChI is InChI=1S/C3H9N.C3H8O2.ClH/c1-4(2)3;4-2-1-3-5;/h1-3H3;4-5H,1-3H2;1H. The highest BCUT2D eigenvalue weighted by molar-refractivity contribution is 5.85. The first-order valence-corrected chi connectivity index (χ1v) is 2.97. The SMILES string of the molecule is CN(C)C.Cl.OCCCO. The Labute approximate surface area is 69.1 Å². The van der Waals surface area contributed by atoms with Crippen LogP contribution >= 0.6 is 12.4 Å². The molecule has 0 amide bonds. The average Bonchev–Trinajstić information content (AvgIpc) is 1.66. The van der Waals surface area contributed by atoms with E-state index in [9.17, 15) is 0 Å². The number of hydrogen-bond acceptors (Lipinski definition) is 3. The first-order valence-electron chi connectivity index (χ1n) is 2.97. The van der Waals surface area contributed by atoms with E-state index in [0.29, 0.717) is 6.42 Å². The molecule has 0 aromatic heterocycles. The van der Waals surface area contributed by atoms with E-state index in [1.54, 1.807) is 0 Å². The second kappa shape index (κ2) is 16.1. The van der Waals surface area contributed by atoms with Crippen LogP contribution in [0.5, 0.6) is 0 Å². The summed E-state index contributed by atoms with van der Waals surface area (Å²) in [5.74, 6) is 0. The van der Waals surface area contributed by atoms with E-state index in [1.807, 2.05) is 26.0 Å². The number of aliphatic hydroxyl groups excluding tert-OH is 2. The molecular formula is C6H18ClNO2. The van der Waals surface area contributed by atoms with Crippen molar-refractivity contribution in [3.8, 4) is 0 Å². The van der Waals surface area contributed by atoms with E-state index in [0.717, 1.165) is 0 Å². The molecule has 0 saturated heterocycles. The smallest absolute Gasteiger partial charge is 0.0452 e. The largest absolute Gasteiger partial charge is 0.396 e. The van der Waals surface area contributed by atoms with Gasteiger partial charge in [-0.3, -0.25) is 0 Å². The average molecular weight is 172 g/mol. The van der Waals surface area contributed by atoms with Gasteiger partial charge in [-0.05, 0) is 27.6 Å². The molecule has 2 N–H and O–H groups in total. The van der Waals surface area contributed by atoms with Crippen LogP contribution in [0.15, 0.2) is 0 Å². The Kier molecular flexibility index (Phi) is 26.7. The minimum Gasteiger partial charge on any atom is -0.396 e. The zero-order valence-corrected chi connectivity index (χ0v) is 7.69. The summed E-state index contributed by atoms with van der Waals surface area (Å²) in [4.78, 5) is 2.00. The topological polar surface area (TPSA) is 43.7 Å². The molecule has 0 fully saturated rings. The number of aliphatic hydroxyl groups is 2. The Hall–Kier alpha value is 0.170. The highest BCUT2D eigenvalue weighted by Gasteiger charge is 1.70. The van der Waals surface area contributed by atoms with Gasteiger partial charge in [-0.1, -0.05) is 0 Å². The van der Waals surface area contributed by atoms with Crippen molar-refractivity contribution in [2.45, 2.75) is 6.42 Å². The first kappa shape index (κ1) is 16.6. The van der Waals surface area contributed by atoms with Gasteiger partial charge in [-0.2, -0.15) is 0 Å². The quantitative estimate of drug-likeness (QED) is 0.613. The van der Waals surface area contributed by atoms with Gasteiger partial charge in [0.1, 0.15) is 0 Å². The maximum absolute atomic E-state index is 7.91. The Morgan fingerprint density at radius 1 is 1.00 bits per heavy atom. The van der Waals surface area contributed by atoms with Crippen LogP contribution in [0.2, 0.25) is 0 Å². The second-order valence-corrected chi connectivity index (χ2v) is 2.14. The van der Waals surface area contributed by atoms with Crippen LogP contribution in [-0.4, -0.2) is 49.5 Å². The normalized spacial score (nSPS) is 7.80. The van der Waals surface area contributed by atoms with Gasteiger partial charge in [0.2, 0.25) is 0 Å². The molecular weight excluding hydrogens is 154 g/mol. The summed E-state index contributed by atoms with van der Waals surface area (Å²) in [6.45, 7) is 0.188. The van der Waals surface area contributed by atoms with Crippen molar-refractivity contribution in [1.82, 2.24) is 4.90 Å². The van der Waals surface area contributed by atoms with Crippen molar-refractivity contribution in [2.24, 2.45) is 0 Å². The predicted molar refractivity (Wildman–Crippen MR) is 45.6 cm³/mol. The molecule has 0 aromatic carbocycles. The van der Waals surface area contributed by atoms with Crippen molar-refractivity contribution in [1.29, 1.82) is 0 Å². The van der Waals surface area contributed by atoms with Crippen LogP contribution in [0, 0.1) is 0 Å². The van der Waals surface area contributed by atoms with Crippen LogP contribution in [0.1, 0.15) is 6.42 Å². The zero-order chi connectivity index (χ0) is 7.70. The third-order valence-electron chi connectivity index (χ3n) is 0.316. The number of rotatable bonds is 2. The zero-order valence-electron chi connectivity index (χ0n) is 6.87. The summed E-state index contributed by atoms with van der Waals surface area (Å²) in [7, 11) is 6.00. The molecule has 0 aromatic rings. The van der Waals surface area contributed by atoms with Crippen LogP contribution < -0.4 is 0 Å². The number of nitrogens with zero attached hydrogens (tertiary/aromatic N) is 1. The molecule has 0 unspecified atom stereocenters. The third-order valence-corrected chi connectivity index (χ3v) is 0.316. The second-order valence-electron chi connectivity index (χ2n) is 2.14. The maximum atomic E-state index is 7.91. The molecule has 0 spiro atoms. The molecule has 0 bridgehead atoms. The molecule has 0 saturated carbocycles. The van der Waals surface area contributed by atoms with Crippen molar-refractivity contribution in [3.05, 3.63) is 0 Å². The van der Waals surface area contributed by atoms with E-state index >= 15 is 0 Å². The lowest BCUT2D eigenvalue weighted by molar-refractivity contribution is 0.221. The summed E-state index contributed by atoms with van der Waals surface area (Å²) < 4.78 is 0. The monoisotopic (exact) mass is 171 g/mol. The number of hydrogen-bond donors (Lipinski definition) is 2. The first-order chi connectivity index (χ1) is 4.15. The van der Waals surface area contributed by atoms with Gasteiger partial charge in [-0.15, -0.1) is 12.4 Å². The van der Waals surface area contributed by atoms with Gasteiger partial charge in [0, 0.05) is 13.2 Å². The summed E-state index contributed by atoms with van der Waals surface area (Å²) >= 11 is 0. The van der Waals surface area contributed by atoms with E-state index < -0.39 is 0 Å². The van der Waals surface area contributed by atoms with E-state index in [4.69, 9.17) is 10.2 Å². The lowest BCUT2D eigenvalue weighted by Gasteiger charge is -1.90. The van der Waals surface area contributed by atoms with Crippen molar-refractivity contribution < 1.29 is 10.2 Å². The van der Waals surface area contributed by atoms with E-state index in [2.05, 4.69) is 0 Å². The van der Waals surface area contributed by atoms with Gasteiger partial charge in [0.25, 0.3) is 0 Å². The molecule has 0 atom stereocenters. The Bertz CT molecular complexity index is 40.0. The minimum absolute atomic E-state index is 0. The molecule has 3 nitrogen and oxygen atoms in total. The molecule has 0 rings (SSSR count). The van der Waals surface area contributed by atoms with Gasteiger partial charge in [0.15, 0.2) is 0 Å². The van der Waals surface area contributed by atoms with Gasteiger partial charge in [-0.25, -0.2) is 0 Å². The van der Waals surface area contributed by atoms with E-state index in [-0.39, 0.29) is 25.6 Å². The maximum Gasteiger partial charge on any atom is 0.0452 e. The van der Waals surface area contributed by atoms with Crippen LogP contribution in [-0.2, 0) is 0 Å². The molecule has 10 heavy (non-hydrogen) atoms. The fraction of sp³-hybridized carbons (Fsp3) is 1.00. The lowest BCUT2D eigenvalue weighted by atomic mass is 10.5. The lowest BCUT2D eigenvalue weighted by Crippen LogP contribution is -1.99. The van der Waals surface area contributed by atoms with Crippen molar-refractivity contribution in [3.63, 3.8) is 0 Å². The molecule has 0 aliphatic carbocycles. The van der Waals surface area contributed by atoms with Crippen LogP contribution in [0.25, 0.3) is 0 Å². The Balaban J connectivity index is -0.0000000910. The van der Waals surface area contributed by atoms with Crippen molar-refractivity contribution >= 4 is 12.4 Å². The molecule has 0 aliphatic rings. The highest BCUT2D eigenvalue weighted by Crippen LogP contribution is 1.65. The summed E-state index contributed by atoms with van der Waals surface area (Å²) in [6.07, 6.45) is 0.500. The van der Waals surface area contributed by atoms with Gasteiger partial charge < -0.3 is 15.1 Å². The predicted octanol–water partition coefficient (Wildman–Crippen LogP) is -0.0393.